The Labute approximate surface area is 118 Å². The fourth-order valence-electron chi connectivity index (χ4n) is 2.03. The molecule has 0 heterocycles. The molecule has 0 saturated heterocycles. The monoisotopic (exact) mass is 279 g/mol. The van der Waals surface area contributed by atoms with Gasteiger partial charge in [0.1, 0.15) is 5.69 Å². The average Bonchev–Trinajstić information content (AvgIpc) is 2.39. The zero-order valence-electron chi connectivity index (χ0n) is 12.0. The number of nitro groups is 1. The van der Waals surface area contributed by atoms with Crippen LogP contribution in [0.5, 0.6) is 0 Å². The van der Waals surface area contributed by atoms with E-state index in [0.717, 1.165) is 25.9 Å². The Morgan fingerprint density at radius 2 is 1.85 bits per heavy atom. The summed E-state index contributed by atoms with van der Waals surface area (Å²) < 4.78 is 0. The maximum atomic E-state index is 12.0. The molecule has 0 aliphatic rings. The van der Waals surface area contributed by atoms with Gasteiger partial charge in [-0.15, -0.1) is 0 Å². The van der Waals surface area contributed by atoms with E-state index in [9.17, 15) is 14.9 Å². The molecular formula is C14H21N3O3. The first-order valence-electron chi connectivity index (χ1n) is 6.84. The summed E-state index contributed by atoms with van der Waals surface area (Å²) in [5, 5.41) is 13.5. The Bertz CT molecular complexity index is 457. The second kappa shape index (κ2) is 8.27. The predicted octanol–water partition coefficient (Wildman–Crippen LogP) is 2.66. The van der Waals surface area contributed by atoms with Crippen LogP contribution in [0.15, 0.2) is 24.3 Å². The molecule has 0 saturated carbocycles. The van der Waals surface area contributed by atoms with Gasteiger partial charge in [0.15, 0.2) is 0 Å². The van der Waals surface area contributed by atoms with Crippen molar-refractivity contribution in [2.24, 2.45) is 0 Å². The van der Waals surface area contributed by atoms with Crippen LogP contribution >= 0.6 is 0 Å². The van der Waals surface area contributed by atoms with E-state index < -0.39 is 4.92 Å². The third-order valence-electron chi connectivity index (χ3n) is 2.82. The summed E-state index contributed by atoms with van der Waals surface area (Å²) in [6, 6.07) is 6.16. The summed E-state index contributed by atoms with van der Waals surface area (Å²) in [7, 11) is 0. The second-order valence-corrected chi connectivity index (χ2v) is 4.60. The topological polar surface area (TPSA) is 75.5 Å². The number of nitro benzene ring substituents is 1. The largest absolute Gasteiger partial charge is 0.319 e. The highest BCUT2D eigenvalue weighted by Gasteiger charge is 2.16. The Balaban J connectivity index is 2.68. The number of anilines is 1. The van der Waals surface area contributed by atoms with Gasteiger partial charge in [-0.1, -0.05) is 26.0 Å². The van der Waals surface area contributed by atoms with Crippen molar-refractivity contribution in [3.8, 4) is 0 Å². The number of amides is 1. The van der Waals surface area contributed by atoms with E-state index in [1.54, 1.807) is 18.2 Å². The molecule has 6 heteroatoms. The van der Waals surface area contributed by atoms with Gasteiger partial charge in [0, 0.05) is 6.07 Å². The first kappa shape index (κ1) is 16.1. The highest BCUT2D eigenvalue weighted by Crippen LogP contribution is 2.22. The minimum absolute atomic E-state index is 0.0848. The number of hydrogen-bond acceptors (Lipinski definition) is 4. The predicted molar refractivity (Wildman–Crippen MR) is 78.7 cm³/mol. The van der Waals surface area contributed by atoms with E-state index >= 15 is 0 Å². The van der Waals surface area contributed by atoms with E-state index in [4.69, 9.17) is 0 Å². The average molecular weight is 279 g/mol. The molecule has 0 radical (unpaired) electrons. The number of rotatable bonds is 8. The SMILES string of the molecule is CCCN(CCC)CC(=O)Nc1ccccc1[N+](=O)[O-]. The molecule has 1 rings (SSSR count). The van der Waals surface area contributed by atoms with Crippen LogP contribution in [0.1, 0.15) is 26.7 Å². The van der Waals surface area contributed by atoms with Crippen LogP contribution in [0.3, 0.4) is 0 Å². The molecule has 20 heavy (non-hydrogen) atoms. The molecule has 1 aromatic carbocycles. The van der Waals surface area contributed by atoms with Crippen molar-refractivity contribution in [3.63, 3.8) is 0 Å². The van der Waals surface area contributed by atoms with Gasteiger partial charge >= 0.3 is 0 Å². The lowest BCUT2D eigenvalue weighted by molar-refractivity contribution is -0.383. The molecule has 110 valence electrons. The van der Waals surface area contributed by atoms with Gasteiger partial charge in [-0.2, -0.15) is 0 Å². The molecule has 0 spiro atoms. The summed E-state index contributed by atoms with van der Waals surface area (Å²) in [4.78, 5) is 24.4. The lowest BCUT2D eigenvalue weighted by Crippen LogP contribution is -2.34. The quantitative estimate of drug-likeness (QED) is 0.586. The Kier molecular flexibility index (Phi) is 6.66. The third-order valence-corrected chi connectivity index (χ3v) is 2.82. The Morgan fingerprint density at radius 1 is 1.25 bits per heavy atom. The first-order valence-corrected chi connectivity index (χ1v) is 6.84. The van der Waals surface area contributed by atoms with Gasteiger partial charge in [-0.25, -0.2) is 0 Å². The van der Waals surface area contributed by atoms with Gasteiger partial charge < -0.3 is 5.32 Å². The maximum Gasteiger partial charge on any atom is 0.292 e. The summed E-state index contributed by atoms with van der Waals surface area (Å²) in [6.45, 7) is 6.06. The summed E-state index contributed by atoms with van der Waals surface area (Å²) in [6.07, 6.45) is 1.94. The number of benzene rings is 1. The molecule has 0 aliphatic heterocycles. The van der Waals surface area contributed by atoms with Crippen LogP contribution in [0.4, 0.5) is 11.4 Å². The van der Waals surface area contributed by atoms with Crippen LogP contribution in [0, 0.1) is 10.1 Å². The molecule has 0 unspecified atom stereocenters. The molecule has 0 aliphatic carbocycles. The van der Waals surface area contributed by atoms with Crippen molar-refractivity contribution in [2.45, 2.75) is 26.7 Å². The van der Waals surface area contributed by atoms with Crippen molar-refractivity contribution in [1.29, 1.82) is 0 Å². The lowest BCUT2D eigenvalue weighted by Gasteiger charge is -2.20. The van der Waals surface area contributed by atoms with Gasteiger partial charge in [-0.05, 0) is 32.0 Å². The number of nitrogens with zero attached hydrogens (tertiary/aromatic N) is 2. The van der Waals surface area contributed by atoms with Crippen LogP contribution in [-0.4, -0.2) is 35.4 Å². The second-order valence-electron chi connectivity index (χ2n) is 4.60. The molecule has 6 nitrogen and oxygen atoms in total. The van der Waals surface area contributed by atoms with Crippen molar-refractivity contribution >= 4 is 17.3 Å². The first-order chi connectivity index (χ1) is 9.58. The van der Waals surface area contributed by atoms with Crippen molar-refractivity contribution in [2.75, 3.05) is 25.0 Å². The van der Waals surface area contributed by atoms with Crippen LogP contribution < -0.4 is 5.32 Å². The normalized spacial score (nSPS) is 10.6. The number of carbonyl (C=O) groups excluding carboxylic acids is 1. The summed E-state index contributed by atoms with van der Waals surface area (Å²) in [5.74, 6) is -0.221. The Hall–Kier alpha value is -1.95. The van der Waals surface area contributed by atoms with Gasteiger partial charge in [-0.3, -0.25) is 19.8 Å². The highest BCUT2D eigenvalue weighted by atomic mass is 16.6. The summed E-state index contributed by atoms with van der Waals surface area (Å²) >= 11 is 0. The minimum atomic E-state index is -0.495. The minimum Gasteiger partial charge on any atom is -0.319 e. The standard InChI is InChI=1S/C14H21N3O3/c1-3-9-16(10-4-2)11-14(18)15-12-7-5-6-8-13(12)17(19)20/h5-8H,3-4,9-11H2,1-2H3,(H,15,18). The third kappa shape index (κ3) is 4.97. The smallest absolute Gasteiger partial charge is 0.292 e. The Morgan fingerprint density at radius 3 is 2.40 bits per heavy atom. The highest BCUT2D eigenvalue weighted by molar-refractivity contribution is 5.94. The molecule has 1 N–H and O–H groups in total. The maximum absolute atomic E-state index is 12.0. The molecule has 1 aromatic rings. The van der Waals surface area contributed by atoms with Crippen molar-refractivity contribution in [1.82, 2.24) is 4.90 Å². The van der Waals surface area contributed by atoms with E-state index in [0.29, 0.717) is 0 Å². The van der Waals surface area contributed by atoms with E-state index in [2.05, 4.69) is 19.2 Å². The van der Waals surface area contributed by atoms with E-state index in [-0.39, 0.29) is 23.8 Å². The molecule has 0 fully saturated rings. The lowest BCUT2D eigenvalue weighted by atomic mass is 10.2. The van der Waals surface area contributed by atoms with Crippen LogP contribution in [0.25, 0.3) is 0 Å². The van der Waals surface area contributed by atoms with Gasteiger partial charge in [0.25, 0.3) is 5.69 Å². The zero-order valence-corrected chi connectivity index (χ0v) is 12.0. The van der Waals surface area contributed by atoms with Crippen LogP contribution in [0.2, 0.25) is 0 Å². The fourth-order valence-corrected chi connectivity index (χ4v) is 2.03. The van der Waals surface area contributed by atoms with Gasteiger partial charge in [0.05, 0.1) is 11.5 Å². The molecular weight excluding hydrogens is 258 g/mol. The molecule has 0 atom stereocenters. The van der Waals surface area contributed by atoms with Gasteiger partial charge in [0.2, 0.25) is 5.91 Å². The van der Waals surface area contributed by atoms with E-state index in [1.165, 1.54) is 6.07 Å². The number of nitrogens with one attached hydrogen (secondary N) is 1. The van der Waals surface area contributed by atoms with E-state index in [1.807, 2.05) is 4.90 Å². The van der Waals surface area contributed by atoms with Crippen molar-refractivity contribution in [3.05, 3.63) is 34.4 Å². The zero-order chi connectivity index (χ0) is 15.0. The number of hydrogen-bond donors (Lipinski definition) is 1. The van der Waals surface area contributed by atoms with Crippen molar-refractivity contribution < 1.29 is 9.72 Å². The fraction of sp³-hybridized carbons (Fsp3) is 0.500. The molecule has 1 amide bonds. The van der Waals surface area contributed by atoms with Crippen LogP contribution in [-0.2, 0) is 4.79 Å². The molecule has 0 bridgehead atoms. The summed E-state index contributed by atoms with van der Waals surface area (Å²) in [5.41, 5.74) is 0.161. The number of carbonyl (C=O) groups is 1. The molecule has 0 aromatic heterocycles. The number of para-hydroxylation sites is 2.